The summed E-state index contributed by atoms with van der Waals surface area (Å²) in [5.41, 5.74) is 2.09. The Morgan fingerprint density at radius 2 is 1.95 bits per heavy atom. The van der Waals surface area contributed by atoms with E-state index in [2.05, 4.69) is 4.98 Å². The molecule has 0 bridgehead atoms. The summed E-state index contributed by atoms with van der Waals surface area (Å²) in [6.07, 6.45) is 4.68. The largest absolute Gasteiger partial charge is 0.360 e. The highest BCUT2D eigenvalue weighted by Crippen LogP contribution is 2.19. The van der Waals surface area contributed by atoms with Gasteiger partial charge in [0.2, 0.25) is 0 Å². The Balaban J connectivity index is 1.88. The van der Waals surface area contributed by atoms with E-state index in [0.717, 1.165) is 10.9 Å². The summed E-state index contributed by atoms with van der Waals surface area (Å²) in [6.45, 7) is 0. The van der Waals surface area contributed by atoms with Crippen LogP contribution in [0.15, 0.2) is 60.8 Å². The molecule has 0 fully saturated rings. The van der Waals surface area contributed by atoms with Crippen LogP contribution in [0.25, 0.3) is 17.0 Å². The van der Waals surface area contributed by atoms with Gasteiger partial charge < -0.3 is 4.98 Å². The number of carbonyl (C=O) groups is 1. The molecular formula is C17H12N2O3. The number of nitro benzene ring substituents is 1. The number of allylic oxidation sites excluding steroid dienone is 1. The SMILES string of the molecule is O=C(/C=C/c1cccc([N+](=O)[O-])c1)c1c[nH]c2ccccc12. The van der Waals surface area contributed by atoms with Gasteiger partial charge in [0, 0.05) is 34.8 Å². The first kappa shape index (κ1) is 13.8. The Morgan fingerprint density at radius 3 is 2.77 bits per heavy atom. The molecule has 2 aromatic carbocycles. The van der Waals surface area contributed by atoms with Gasteiger partial charge in [0.25, 0.3) is 5.69 Å². The van der Waals surface area contributed by atoms with Gasteiger partial charge in [-0.2, -0.15) is 0 Å². The van der Waals surface area contributed by atoms with Crippen molar-refractivity contribution < 1.29 is 9.72 Å². The fourth-order valence-electron chi connectivity index (χ4n) is 2.28. The lowest BCUT2D eigenvalue weighted by molar-refractivity contribution is -0.384. The summed E-state index contributed by atoms with van der Waals surface area (Å²) in [5, 5.41) is 11.6. The maximum Gasteiger partial charge on any atom is 0.270 e. The van der Waals surface area contributed by atoms with E-state index in [1.165, 1.54) is 18.2 Å². The minimum Gasteiger partial charge on any atom is -0.360 e. The van der Waals surface area contributed by atoms with Gasteiger partial charge in [-0.3, -0.25) is 14.9 Å². The summed E-state index contributed by atoms with van der Waals surface area (Å²) in [5.74, 6) is -0.149. The van der Waals surface area contributed by atoms with Gasteiger partial charge in [0.05, 0.1) is 4.92 Å². The molecular weight excluding hydrogens is 280 g/mol. The van der Waals surface area contributed by atoms with Crippen molar-refractivity contribution in [2.24, 2.45) is 0 Å². The van der Waals surface area contributed by atoms with E-state index < -0.39 is 4.92 Å². The fraction of sp³-hybridized carbons (Fsp3) is 0. The van der Waals surface area contributed by atoms with E-state index >= 15 is 0 Å². The molecule has 0 spiro atoms. The van der Waals surface area contributed by atoms with Gasteiger partial charge in [0.1, 0.15) is 0 Å². The van der Waals surface area contributed by atoms with Crippen LogP contribution in [0.5, 0.6) is 0 Å². The number of para-hydroxylation sites is 1. The molecule has 1 aromatic heterocycles. The Kier molecular flexibility index (Phi) is 3.53. The van der Waals surface area contributed by atoms with Crippen molar-refractivity contribution in [1.82, 2.24) is 4.98 Å². The molecule has 3 rings (SSSR count). The van der Waals surface area contributed by atoms with E-state index in [4.69, 9.17) is 0 Å². The molecule has 1 heterocycles. The average molecular weight is 292 g/mol. The van der Waals surface area contributed by atoms with Gasteiger partial charge >= 0.3 is 0 Å². The highest BCUT2D eigenvalue weighted by atomic mass is 16.6. The van der Waals surface area contributed by atoms with Crippen molar-refractivity contribution >= 4 is 28.4 Å². The minimum absolute atomic E-state index is 0.00157. The molecule has 0 atom stereocenters. The first-order valence-electron chi connectivity index (χ1n) is 6.68. The van der Waals surface area contributed by atoms with E-state index in [-0.39, 0.29) is 11.5 Å². The fourth-order valence-corrected chi connectivity index (χ4v) is 2.28. The number of rotatable bonds is 4. The summed E-state index contributed by atoms with van der Waals surface area (Å²) < 4.78 is 0. The molecule has 22 heavy (non-hydrogen) atoms. The lowest BCUT2D eigenvalue weighted by atomic mass is 10.1. The van der Waals surface area contributed by atoms with Crippen LogP contribution in [-0.2, 0) is 0 Å². The molecule has 0 radical (unpaired) electrons. The zero-order valence-corrected chi connectivity index (χ0v) is 11.5. The van der Waals surface area contributed by atoms with Gasteiger partial charge in [-0.1, -0.05) is 36.4 Å². The van der Waals surface area contributed by atoms with Crippen molar-refractivity contribution in [3.8, 4) is 0 Å². The minimum atomic E-state index is -0.459. The second-order valence-corrected chi connectivity index (χ2v) is 4.80. The van der Waals surface area contributed by atoms with Crippen LogP contribution in [-0.4, -0.2) is 15.7 Å². The number of fused-ring (bicyclic) bond motifs is 1. The third-order valence-electron chi connectivity index (χ3n) is 3.36. The average Bonchev–Trinajstić information content (AvgIpc) is 2.97. The Bertz CT molecular complexity index is 894. The Hall–Kier alpha value is -3.21. The lowest BCUT2D eigenvalue weighted by Crippen LogP contribution is -1.92. The quantitative estimate of drug-likeness (QED) is 0.342. The molecule has 0 saturated heterocycles. The summed E-state index contributed by atoms with van der Waals surface area (Å²) in [4.78, 5) is 25.6. The third-order valence-corrected chi connectivity index (χ3v) is 3.36. The number of nitrogens with zero attached hydrogens (tertiary/aromatic N) is 1. The molecule has 0 aliphatic carbocycles. The molecule has 3 aromatic rings. The van der Waals surface area contributed by atoms with E-state index in [1.54, 1.807) is 24.4 Å². The van der Waals surface area contributed by atoms with Crippen LogP contribution in [0.2, 0.25) is 0 Å². The number of aromatic nitrogens is 1. The third kappa shape index (κ3) is 2.64. The Morgan fingerprint density at radius 1 is 1.14 bits per heavy atom. The number of ketones is 1. The molecule has 0 unspecified atom stereocenters. The van der Waals surface area contributed by atoms with Gasteiger partial charge in [-0.25, -0.2) is 0 Å². The molecule has 5 heteroatoms. The van der Waals surface area contributed by atoms with Crippen LogP contribution < -0.4 is 0 Å². The smallest absolute Gasteiger partial charge is 0.270 e. The van der Waals surface area contributed by atoms with Crippen LogP contribution in [0.1, 0.15) is 15.9 Å². The summed E-state index contributed by atoms with van der Waals surface area (Å²) in [7, 11) is 0. The topological polar surface area (TPSA) is 76.0 Å². The zero-order valence-electron chi connectivity index (χ0n) is 11.5. The number of nitrogens with one attached hydrogen (secondary N) is 1. The van der Waals surface area contributed by atoms with Crippen LogP contribution in [0, 0.1) is 10.1 Å². The van der Waals surface area contributed by atoms with E-state index in [1.807, 2.05) is 24.3 Å². The maximum atomic E-state index is 12.3. The van der Waals surface area contributed by atoms with Crippen molar-refractivity contribution in [3.63, 3.8) is 0 Å². The molecule has 0 saturated carbocycles. The summed E-state index contributed by atoms with van der Waals surface area (Å²) in [6, 6.07) is 13.7. The highest BCUT2D eigenvalue weighted by molar-refractivity contribution is 6.14. The maximum absolute atomic E-state index is 12.3. The number of non-ortho nitro benzene ring substituents is 1. The highest BCUT2D eigenvalue weighted by Gasteiger charge is 2.09. The second kappa shape index (κ2) is 5.65. The number of aromatic amines is 1. The predicted molar refractivity (Wildman–Crippen MR) is 84.8 cm³/mol. The first-order valence-corrected chi connectivity index (χ1v) is 6.68. The van der Waals surface area contributed by atoms with Crippen LogP contribution in [0.4, 0.5) is 5.69 Å². The lowest BCUT2D eigenvalue weighted by Gasteiger charge is -1.95. The van der Waals surface area contributed by atoms with Gasteiger partial charge in [-0.15, -0.1) is 0 Å². The molecule has 5 nitrogen and oxygen atoms in total. The molecule has 108 valence electrons. The number of hydrogen-bond donors (Lipinski definition) is 1. The van der Waals surface area contributed by atoms with Crippen molar-refractivity contribution in [2.45, 2.75) is 0 Å². The second-order valence-electron chi connectivity index (χ2n) is 4.80. The number of nitro groups is 1. The predicted octanol–water partition coefficient (Wildman–Crippen LogP) is 3.97. The van der Waals surface area contributed by atoms with Crippen LogP contribution >= 0.6 is 0 Å². The molecule has 1 N–H and O–H groups in total. The van der Waals surface area contributed by atoms with Crippen molar-refractivity contribution in [3.05, 3.63) is 82.0 Å². The zero-order chi connectivity index (χ0) is 15.5. The molecule has 0 amide bonds. The number of hydrogen-bond acceptors (Lipinski definition) is 3. The van der Waals surface area contributed by atoms with Gasteiger partial charge in [-0.05, 0) is 17.7 Å². The number of benzene rings is 2. The monoisotopic (exact) mass is 292 g/mol. The van der Waals surface area contributed by atoms with Gasteiger partial charge in [0.15, 0.2) is 5.78 Å². The first-order chi connectivity index (χ1) is 10.6. The molecule has 0 aliphatic rings. The van der Waals surface area contributed by atoms with E-state index in [0.29, 0.717) is 11.1 Å². The van der Waals surface area contributed by atoms with E-state index in [9.17, 15) is 14.9 Å². The normalized spacial score (nSPS) is 11.1. The standard InChI is InChI=1S/C17H12N2O3/c20-17(15-11-18-16-7-2-1-6-14(15)16)9-8-12-4-3-5-13(10-12)19(21)22/h1-11,18H/b9-8+. The van der Waals surface area contributed by atoms with Crippen molar-refractivity contribution in [1.29, 1.82) is 0 Å². The molecule has 0 aliphatic heterocycles. The van der Waals surface area contributed by atoms with Crippen LogP contribution in [0.3, 0.4) is 0 Å². The summed E-state index contributed by atoms with van der Waals surface area (Å²) >= 11 is 0. The number of H-pyrrole nitrogens is 1. The number of carbonyl (C=O) groups excluding carboxylic acids is 1. The van der Waals surface area contributed by atoms with Crippen molar-refractivity contribution in [2.75, 3.05) is 0 Å². The Labute approximate surface area is 126 Å².